The molecule has 0 fully saturated rings. The number of amides is 2. The van der Waals surface area contributed by atoms with Crippen LogP contribution in [0.15, 0.2) is 66.7 Å². The number of aliphatic hydroxyl groups is 1. The van der Waals surface area contributed by atoms with Gasteiger partial charge in [0.15, 0.2) is 6.29 Å². The Labute approximate surface area is 285 Å². The number of nitrogens with two attached hydrogens (primary N) is 1. The number of nitrogens with zero attached hydrogens (tertiary/aromatic N) is 2. The Morgan fingerprint density at radius 3 is 2.08 bits per heavy atom. The number of carbonyl (C=O) groups is 3. The van der Waals surface area contributed by atoms with Crippen molar-refractivity contribution in [3.05, 3.63) is 117 Å². The summed E-state index contributed by atoms with van der Waals surface area (Å²) in [5, 5.41) is 11.2. The van der Waals surface area contributed by atoms with Gasteiger partial charge in [0.05, 0.1) is 11.0 Å². The van der Waals surface area contributed by atoms with Gasteiger partial charge in [-0.1, -0.05) is 32.0 Å². The molecule has 2 amide bonds. The molecule has 3 N–H and O–H groups in total. The van der Waals surface area contributed by atoms with Crippen molar-refractivity contribution in [2.24, 2.45) is 5.73 Å². The fourth-order valence-electron chi connectivity index (χ4n) is 5.77. The second-order valence-corrected chi connectivity index (χ2v) is 13.3. The molecule has 1 heterocycles. The van der Waals surface area contributed by atoms with E-state index in [1.54, 1.807) is 23.1 Å². The molecule has 0 saturated carbocycles. The van der Waals surface area contributed by atoms with E-state index in [4.69, 9.17) is 5.73 Å². The molecule has 254 valence electrons. The Balaban J connectivity index is 1.67. The maximum absolute atomic E-state index is 14.3. The molecule has 3 aromatic carbocycles. The lowest BCUT2D eigenvalue weighted by molar-refractivity contribution is 0.0554. The molecule has 0 spiro atoms. The Kier molecular flexibility index (Phi) is 12.7. The lowest BCUT2D eigenvalue weighted by Gasteiger charge is -2.29. The lowest BCUT2D eigenvalue weighted by atomic mass is 10.00. The van der Waals surface area contributed by atoms with Crippen LogP contribution < -0.4 is 5.73 Å². The van der Waals surface area contributed by atoms with Gasteiger partial charge in [0.25, 0.3) is 11.8 Å². The average Bonchev–Trinajstić information content (AvgIpc) is 3.43. The number of carbonyl (C=O) groups excluding carboxylic acids is 3. The fraction of sp³-hybridized carbons (Fsp3) is 0.342. The summed E-state index contributed by atoms with van der Waals surface area (Å²) >= 11 is 1.38. The third-order valence-electron chi connectivity index (χ3n) is 8.08. The van der Waals surface area contributed by atoms with Crippen molar-refractivity contribution >= 4 is 29.4 Å². The van der Waals surface area contributed by atoms with Crippen molar-refractivity contribution < 1.29 is 28.3 Å². The van der Waals surface area contributed by atoms with Gasteiger partial charge in [-0.15, -0.1) is 11.3 Å². The Morgan fingerprint density at radius 2 is 1.50 bits per heavy atom. The number of aliphatic hydroxyl groups excluding tert-OH is 1. The van der Waals surface area contributed by atoms with Crippen molar-refractivity contribution in [2.75, 3.05) is 19.6 Å². The molecule has 0 bridgehead atoms. The molecule has 4 aromatic rings. The van der Waals surface area contributed by atoms with Crippen LogP contribution in [0.25, 0.3) is 10.4 Å². The van der Waals surface area contributed by atoms with Crippen LogP contribution in [-0.2, 0) is 13.0 Å². The van der Waals surface area contributed by atoms with Crippen LogP contribution in [0.3, 0.4) is 0 Å². The number of aryl methyl sites for hydroxylation is 2. The van der Waals surface area contributed by atoms with Crippen molar-refractivity contribution in [2.45, 2.75) is 65.6 Å². The number of hydrogen-bond acceptors (Lipinski definition) is 6. The second-order valence-electron chi connectivity index (χ2n) is 12.3. The number of hydrogen-bond donors (Lipinski definition) is 2. The molecule has 48 heavy (non-hydrogen) atoms. The summed E-state index contributed by atoms with van der Waals surface area (Å²) in [5.74, 6) is -2.05. The molecule has 1 aromatic heterocycles. The summed E-state index contributed by atoms with van der Waals surface area (Å²) in [6.45, 7) is 8.85. The van der Waals surface area contributed by atoms with Gasteiger partial charge in [-0.2, -0.15) is 0 Å². The minimum atomic E-state index is -1.24. The maximum Gasteiger partial charge on any atom is 0.254 e. The van der Waals surface area contributed by atoms with Crippen molar-refractivity contribution in [3.8, 4) is 10.4 Å². The highest BCUT2D eigenvalue weighted by atomic mass is 32.1. The molecular formula is C38H43F2N3O4S. The number of halogens is 2. The SMILES string of the molecule is CCCN(CCC)C(=O)c1cc(C)cc(C(=O)N(Cc2cccc(-c3cc(C)c(C=O)s3)c2)C[C@@H](O)[C@@H](N)Cc2cc(F)cc(F)c2)c1. The van der Waals surface area contributed by atoms with Gasteiger partial charge in [-0.25, -0.2) is 8.78 Å². The normalized spacial score (nSPS) is 12.4. The third kappa shape index (κ3) is 9.43. The maximum atomic E-state index is 14.3. The van der Waals surface area contributed by atoms with Crippen LogP contribution in [0.2, 0.25) is 0 Å². The van der Waals surface area contributed by atoms with Crippen LogP contribution >= 0.6 is 11.3 Å². The quantitative estimate of drug-likeness (QED) is 0.133. The van der Waals surface area contributed by atoms with Crippen LogP contribution in [0.4, 0.5) is 8.78 Å². The summed E-state index contributed by atoms with van der Waals surface area (Å²) in [5.41, 5.74) is 10.6. The first-order valence-electron chi connectivity index (χ1n) is 16.2. The van der Waals surface area contributed by atoms with E-state index >= 15 is 0 Å². The van der Waals surface area contributed by atoms with E-state index in [1.807, 2.05) is 58.0 Å². The summed E-state index contributed by atoms with van der Waals surface area (Å²) in [4.78, 5) is 44.0. The Hall–Kier alpha value is -4.25. The van der Waals surface area contributed by atoms with Crippen molar-refractivity contribution in [1.29, 1.82) is 0 Å². The van der Waals surface area contributed by atoms with Gasteiger partial charge in [0.1, 0.15) is 11.6 Å². The number of thiophene rings is 1. The van der Waals surface area contributed by atoms with Gasteiger partial charge in [-0.05, 0) is 103 Å². The van der Waals surface area contributed by atoms with E-state index < -0.39 is 29.7 Å². The van der Waals surface area contributed by atoms with E-state index in [0.717, 1.165) is 64.5 Å². The largest absolute Gasteiger partial charge is 0.390 e. The molecule has 0 saturated heterocycles. The van der Waals surface area contributed by atoms with E-state index in [-0.39, 0.29) is 31.0 Å². The van der Waals surface area contributed by atoms with Gasteiger partial charge in [0, 0.05) is 54.3 Å². The summed E-state index contributed by atoms with van der Waals surface area (Å²) in [6, 6.07) is 16.8. The molecule has 4 rings (SSSR count). The van der Waals surface area contributed by atoms with Crippen LogP contribution in [-0.4, -0.2) is 64.8 Å². The van der Waals surface area contributed by atoms with E-state index in [2.05, 4.69) is 0 Å². The van der Waals surface area contributed by atoms with E-state index in [0.29, 0.717) is 29.1 Å². The van der Waals surface area contributed by atoms with Gasteiger partial charge < -0.3 is 20.6 Å². The van der Waals surface area contributed by atoms with Gasteiger partial charge in [0.2, 0.25) is 0 Å². The third-order valence-corrected chi connectivity index (χ3v) is 9.29. The number of aldehydes is 1. The predicted octanol–water partition coefficient (Wildman–Crippen LogP) is 6.96. The van der Waals surface area contributed by atoms with Gasteiger partial charge >= 0.3 is 0 Å². The minimum Gasteiger partial charge on any atom is -0.390 e. The summed E-state index contributed by atoms with van der Waals surface area (Å²) in [7, 11) is 0. The molecule has 0 aliphatic rings. The zero-order valence-electron chi connectivity index (χ0n) is 27.8. The fourth-order valence-corrected chi connectivity index (χ4v) is 6.75. The molecule has 0 radical (unpaired) electrons. The van der Waals surface area contributed by atoms with E-state index in [1.165, 1.54) is 16.2 Å². The molecule has 0 unspecified atom stereocenters. The Bertz CT molecular complexity index is 1730. The Morgan fingerprint density at radius 1 is 0.875 bits per heavy atom. The molecule has 2 atom stereocenters. The van der Waals surface area contributed by atoms with Crippen LogP contribution in [0.1, 0.15) is 79.3 Å². The summed E-state index contributed by atoms with van der Waals surface area (Å²) in [6.07, 6.45) is 1.18. The molecule has 0 aliphatic carbocycles. The summed E-state index contributed by atoms with van der Waals surface area (Å²) < 4.78 is 27.7. The first-order chi connectivity index (χ1) is 22.9. The highest BCUT2D eigenvalue weighted by Gasteiger charge is 2.26. The first-order valence-corrected chi connectivity index (χ1v) is 17.0. The number of benzene rings is 3. The highest BCUT2D eigenvalue weighted by Crippen LogP contribution is 2.31. The standard InChI is InChI=1S/C38H43F2N3O4S/c1-5-10-42(11-6-2)37(46)29-12-24(3)13-30(19-29)38(47)43(22-34(45)33(41)18-27-16-31(39)20-32(40)17-27)21-26-8-7-9-28(15-26)35-14-25(4)36(23-44)48-35/h7-9,12-17,19-20,23,33-34,45H,5-6,10-11,18,21-22,41H2,1-4H3/t33-,34+/m0/s1. The van der Waals surface area contributed by atoms with Crippen molar-refractivity contribution in [3.63, 3.8) is 0 Å². The molecular weight excluding hydrogens is 632 g/mol. The van der Waals surface area contributed by atoms with E-state index in [9.17, 15) is 28.3 Å². The lowest BCUT2D eigenvalue weighted by Crippen LogP contribution is -2.46. The smallest absolute Gasteiger partial charge is 0.254 e. The topological polar surface area (TPSA) is 104 Å². The van der Waals surface area contributed by atoms with Crippen LogP contribution in [0, 0.1) is 25.5 Å². The monoisotopic (exact) mass is 675 g/mol. The number of rotatable bonds is 15. The predicted molar refractivity (Wildman–Crippen MR) is 186 cm³/mol. The molecule has 7 nitrogen and oxygen atoms in total. The van der Waals surface area contributed by atoms with Crippen molar-refractivity contribution in [1.82, 2.24) is 9.80 Å². The second kappa shape index (κ2) is 16.7. The molecule has 10 heteroatoms. The minimum absolute atomic E-state index is 0.0159. The zero-order chi connectivity index (χ0) is 35.0. The highest BCUT2D eigenvalue weighted by molar-refractivity contribution is 7.17. The zero-order valence-corrected chi connectivity index (χ0v) is 28.7. The molecule has 0 aliphatic heterocycles. The van der Waals surface area contributed by atoms with Gasteiger partial charge in [-0.3, -0.25) is 14.4 Å². The average molecular weight is 676 g/mol. The van der Waals surface area contributed by atoms with Crippen LogP contribution in [0.5, 0.6) is 0 Å². The first kappa shape index (κ1) is 36.6.